The third kappa shape index (κ3) is 2.81. The van der Waals surface area contributed by atoms with Crippen LogP contribution in [0.25, 0.3) is 0 Å². The number of aliphatic hydroxyl groups excluding tert-OH is 1. The molecule has 0 aliphatic heterocycles. The van der Waals surface area contributed by atoms with Crippen LogP contribution in [0.3, 0.4) is 0 Å². The van der Waals surface area contributed by atoms with Gasteiger partial charge in [-0.3, -0.25) is 0 Å². The Labute approximate surface area is 86.9 Å². The summed E-state index contributed by atoms with van der Waals surface area (Å²) in [5, 5.41) is 8.68. The van der Waals surface area contributed by atoms with E-state index in [0.29, 0.717) is 5.56 Å². The number of nitrogens with two attached hydrogens (primary N) is 1. The molecule has 0 aliphatic carbocycles. The second kappa shape index (κ2) is 5.40. The zero-order valence-corrected chi connectivity index (χ0v) is 8.28. The molecule has 0 amide bonds. The first-order valence-electron chi connectivity index (χ1n) is 3.47. The lowest BCUT2D eigenvalue weighted by Crippen LogP contribution is -2.15. The van der Waals surface area contributed by atoms with E-state index in [2.05, 4.69) is 0 Å². The van der Waals surface area contributed by atoms with Crippen molar-refractivity contribution >= 4 is 24.0 Å². The van der Waals surface area contributed by atoms with Crippen LogP contribution in [0.15, 0.2) is 18.2 Å². The lowest BCUT2D eigenvalue weighted by Gasteiger charge is -2.10. The number of rotatable bonds is 2. The van der Waals surface area contributed by atoms with Crippen LogP contribution in [-0.4, -0.2) is 11.7 Å². The summed E-state index contributed by atoms with van der Waals surface area (Å²) in [6, 6.07) is 3.72. The Morgan fingerprint density at radius 3 is 2.69 bits per heavy atom. The molecule has 0 aromatic heterocycles. The van der Waals surface area contributed by atoms with Gasteiger partial charge in [0.15, 0.2) is 0 Å². The molecule has 74 valence electrons. The van der Waals surface area contributed by atoms with Gasteiger partial charge in [0.2, 0.25) is 0 Å². The minimum atomic E-state index is -0.617. The second-order valence-corrected chi connectivity index (χ2v) is 2.81. The second-order valence-electron chi connectivity index (χ2n) is 2.43. The molecule has 5 heteroatoms. The van der Waals surface area contributed by atoms with Gasteiger partial charge in [-0.05, 0) is 11.6 Å². The van der Waals surface area contributed by atoms with Crippen molar-refractivity contribution in [2.75, 3.05) is 6.61 Å². The van der Waals surface area contributed by atoms with Crippen molar-refractivity contribution in [2.45, 2.75) is 6.04 Å². The van der Waals surface area contributed by atoms with Gasteiger partial charge in [-0.1, -0.05) is 23.7 Å². The molecule has 0 heterocycles. The first-order valence-corrected chi connectivity index (χ1v) is 3.85. The molecule has 1 aromatic rings. The summed E-state index contributed by atoms with van der Waals surface area (Å²) in [4.78, 5) is 0. The van der Waals surface area contributed by atoms with Crippen LogP contribution in [0.1, 0.15) is 11.6 Å². The molecule has 1 rings (SSSR count). The lowest BCUT2D eigenvalue weighted by atomic mass is 10.1. The number of hydrogen-bond donors (Lipinski definition) is 2. The highest BCUT2D eigenvalue weighted by atomic mass is 35.5. The summed E-state index contributed by atoms with van der Waals surface area (Å²) in [6.07, 6.45) is 0. The predicted octanol–water partition coefficient (Wildman–Crippen LogP) is 1.89. The smallest absolute Gasteiger partial charge is 0.142 e. The number of hydrogen-bond acceptors (Lipinski definition) is 2. The van der Waals surface area contributed by atoms with Crippen LogP contribution in [0.2, 0.25) is 5.02 Å². The maximum atomic E-state index is 12.8. The van der Waals surface area contributed by atoms with E-state index < -0.39 is 11.9 Å². The van der Waals surface area contributed by atoms with Gasteiger partial charge in [-0.25, -0.2) is 4.39 Å². The van der Waals surface area contributed by atoms with E-state index >= 15 is 0 Å². The Morgan fingerprint density at radius 1 is 1.54 bits per heavy atom. The van der Waals surface area contributed by atoms with Crippen LogP contribution in [0, 0.1) is 5.82 Å². The maximum absolute atomic E-state index is 12.8. The molecule has 3 N–H and O–H groups in total. The van der Waals surface area contributed by atoms with Gasteiger partial charge in [0.1, 0.15) is 5.82 Å². The first kappa shape index (κ1) is 12.7. The van der Waals surface area contributed by atoms with Crippen molar-refractivity contribution in [3.05, 3.63) is 34.6 Å². The first-order chi connectivity index (χ1) is 5.66. The summed E-state index contributed by atoms with van der Waals surface area (Å²) in [5.41, 5.74) is 5.89. The van der Waals surface area contributed by atoms with Crippen molar-refractivity contribution in [2.24, 2.45) is 5.73 Å². The molecular formula is C8H10Cl2FNO. The van der Waals surface area contributed by atoms with Crippen LogP contribution in [-0.2, 0) is 0 Å². The van der Waals surface area contributed by atoms with Crippen molar-refractivity contribution in [3.8, 4) is 0 Å². The molecule has 0 bridgehead atoms. The van der Waals surface area contributed by atoms with Crippen LogP contribution >= 0.6 is 24.0 Å². The summed E-state index contributed by atoms with van der Waals surface area (Å²) in [6.45, 7) is -0.247. The standard InChI is InChI=1S/C8H9ClFNO.ClH/c9-8-5(7(11)4-12)2-1-3-6(8)10;/h1-3,7,12H,4,11H2;1H/t7-;/m1./s1. The molecule has 0 unspecified atom stereocenters. The van der Waals surface area contributed by atoms with Crippen LogP contribution in [0.5, 0.6) is 0 Å². The van der Waals surface area contributed by atoms with Gasteiger partial charge >= 0.3 is 0 Å². The topological polar surface area (TPSA) is 46.2 Å². The van der Waals surface area contributed by atoms with E-state index in [1.54, 1.807) is 6.07 Å². The van der Waals surface area contributed by atoms with Gasteiger partial charge in [0, 0.05) is 0 Å². The van der Waals surface area contributed by atoms with E-state index in [1.165, 1.54) is 12.1 Å². The Bertz CT molecular complexity index is 283. The Morgan fingerprint density at radius 2 is 2.15 bits per heavy atom. The summed E-state index contributed by atoms with van der Waals surface area (Å²) < 4.78 is 12.8. The zero-order chi connectivity index (χ0) is 9.14. The monoisotopic (exact) mass is 225 g/mol. The van der Waals surface area contributed by atoms with Gasteiger partial charge < -0.3 is 10.8 Å². The summed E-state index contributed by atoms with van der Waals surface area (Å²) in [7, 11) is 0. The van der Waals surface area contributed by atoms with E-state index in [1.807, 2.05) is 0 Å². The average molecular weight is 226 g/mol. The molecule has 0 spiro atoms. The van der Waals surface area contributed by atoms with E-state index in [9.17, 15) is 4.39 Å². The van der Waals surface area contributed by atoms with Gasteiger partial charge in [0.05, 0.1) is 17.7 Å². The quantitative estimate of drug-likeness (QED) is 0.808. The SMILES string of the molecule is Cl.N[C@H](CO)c1cccc(F)c1Cl. The zero-order valence-electron chi connectivity index (χ0n) is 6.71. The largest absolute Gasteiger partial charge is 0.394 e. The van der Waals surface area contributed by atoms with Gasteiger partial charge in [-0.2, -0.15) is 0 Å². The molecule has 0 aliphatic rings. The fourth-order valence-electron chi connectivity index (χ4n) is 0.905. The number of aliphatic hydroxyl groups is 1. The Balaban J connectivity index is 0.00000144. The van der Waals surface area contributed by atoms with Gasteiger partial charge in [0.25, 0.3) is 0 Å². The third-order valence-corrected chi connectivity index (χ3v) is 1.98. The predicted molar refractivity (Wildman–Crippen MR) is 52.7 cm³/mol. The molecule has 0 saturated carbocycles. The van der Waals surface area contributed by atoms with Gasteiger partial charge in [-0.15, -0.1) is 12.4 Å². The summed E-state index contributed by atoms with van der Waals surface area (Å²) >= 11 is 5.60. The normalized spacial score (nSPS) is 12.0. The minimum Gasteiger partial charge on any atom is -0.394 e. The molecule has 1 aromatic carbocycles. The highest BCUT2D eigenvalue weighted by molar-refractivity contribution is 6.31. The lowest BCUT2D eigenvalue weighted by molar-refractivity contribution is 0.268. The van der Waals surface area contributed by atoms with E-state index in [4.69, 9.17) is 22.4 Å². The minimum absolute atomic E-state index is 0. The molecule has 0 radical (unpaired) electrons. The van der Waals surface area contributed by atoms with Crippen molar-refractivity contribution in [3.63, 3.8) is 0 Å². The van der Waals surface area contributed by atoms with Crippen molar-refractivity contribution in [1.29, 1.82) is 0 Å². The highest BCUT2D eigenvalue weighted by Gasteiger charge is 2.11. The fraction of sp³-hybridized carbons (Fsp3) is 0.250. The van der Waals surface area contributed by atoms with E-state index in [-0.39, 0.29) is 24.0 Å². The highest BCUT2D eigenvalue weighted by Crippen LogP contribution is 2.23. The molecule has 1 atom stereocenters. The average Bonchev–Trinajstić information content (AvgIpc) is 2.08. The Hall–Kier alpha value is -0.350. The van der Waals surface area contributed by atoms with E-state index in [0.717, 1.165) is 0 Å². The Kier molecular flexibility index (Phi) is 5.25. The molecular weight excluding hydrogens is 216 g/mol. The fourth-order valence-corrected chi connectivity index (χ4v) is 1.17. The molecule has 0 fully saturated rings. The van der Waals surface area contributed by atoms with Crippen molar-refractivity contribution < 1.29 is 9.50 Å². The van der Waals surface area contributed by atoms with Crippen LogP contribution < -0.4 is 5.73 Å². The molecule has 0 saturated heterocycles. The van der Waals surface area contributed by atoms with Crippen molar-refractivity contribution in [1.82, 2.24) is 0 Å². The third-order valence-electron chi connectivity index (χ3n) is 1.58. The number of halogens is 3. The maximum Gasteiger partial charge on any atom is 0.142 e. The number of benzene rings is 1. The molecule has 2 nitrogen and oxygen atoms in total. The van der Waals surface area contributed by atoms with Crippen LogP contribution in [0.4, 0.5) is 4.39 Å². The summed E-state index contributed by atoms with van der Waals surface area (Å²) in [5.74, 6) is -0.516. The molecule has 13 heavy (non-hydrogen) atoms.